The van der Waals surface area contributed by atoms with Gasteiger partial charge in [-0.3, -0.25) is 9.59 Å². The lowest BCUT2D eigenvalue weighted by Crippen LogP contribution is -2.18. The van der Waals surface area contributed by atoms with Gasteiger partial charge in [0, 0.05) is 19.4 Å². The van der Waals surface area contributed by atoms with Gasteiger partial charge in [0.15, 0.2) is 0 Å². The number of ketones is 1. The number of Topliss-reactive ketones (excluding diaryl/α,β-unsaturated/α-hetero) is 1. The lowest BCUT2D eigenvalue weighted by molar-refractivity contribution is -0.145. The van der Waals surface area contributed by atoms with Gasteiger partial charge in [-0.25, -0.2) is 0 Å². The van der Waals surface area contributed by atoms with Gasteiger partial charge >= 0.3 is 5.97 Å². The molecule has 0 radical (unpaired) electrons. The highest BCUT2D eigenvalue weighted by molar-refractivity contribution is 5.84. The highest BCUT2D eigenvalue weighted by Crippen LogP contribution is 2.04. The minimum absolute atomic E-state index is 0.0466. The molecule has 88 valence electrons. The number of hydrogen-bond donors (Lipinski definition) is 0. The van der Waals surface area contributed by atoms with Gasteiger partial charge < -0.3 is 9.47 Å². The fourth-order valence-electron chi connectivity index (χ4n) is 1.10. The van der Waals surface area contributed by atoms with Crippen LogP contribution in [0.15, 0.2) is 0 Å². The van der Waals surface area contributed by atoms with Crippen molar-refractivity contribution < 1.29 is 19.1 Å². The van der Waals surface area contributed by atoms with Crippen LogP contribution in [0.2, 0.25) is 0 Å². The van der Waals surface area contributed by atoms with Crippen molar-refractivity contribution in [2.75, 3.05) is 20.3 Å². The molecule has 0 heterocycles. The van der Waals surface area contributed by atoms with E-state index in [9.17, 15) is 9.59 Å². The van der Waals surface area contributed by atoms with Crippen molar-refractivity contribution in [2.24, 2.45) is 5.92 Å². The molecular weight excluding hydrogens is 196 g/mol. The van der Waals surface area contributed by atoms with Crippen LogP contribution in [0, 0.1) is 5.92 Å². The zero-order valence-electron chi connectivity index (χ0n) is 9.75. The van der Waals surface area contributed by atoms with Crippen molar-refractivity contribution in [1.82, 2.24) is 0 Å². The molecule has 0 saturated carbocycles. The number of esters is 1. The molecule has 4 nitrogen and oxygen atoms in total. The van der Waals surface area contributed by atoms with Crippen molar-refractivity contribution in [3.8, 4) is 0 Å². The zero-order valence-corrected chi connectivity index (χ0v) is 9.75. The zero-order chi connectivity index (χ0) is 11.7. The summed E-state index contributed by atoms with van der Waals surface area (Å²) in [7, 11) is 1.55. The van der Waals surface area contributed by atoms with Crippen LogP contribution in [0.1, 0.15) is 33.1 Å². The SMILES string of the molecule is CCCOC(=O)CCC(=O)C(C)COC. The molecule has 0 bridgehead atoms. The van der Waals surface area contributed by atoms with Gasteiger partial charge in [0.25, 0.3) is 0 Å². The topological polar surface area (TPSA) is 52.6 Å². The molecule has 0 aromatic heterocycles. The Kier molecular flexibility index (Phi) is 7.91. The monoisotopic (exact) mass is 216 g/mol. The maximum Gasteiger partial charge on any atom is 0.306 e. The Balaban J connectivity index is 3.65. The van der Waals surface area contributed by atoms with Gasteiger partial charge in [-0.1, -0.05) is 13.8 Å². The molecule has 4 heteroatoms. The van der Waals surface area contributed by atoms with E-state index in [0.29, 0.717) is 13.2 Å². The van der Waals surface area contributed by atoms with Gasteiger partial charge in [-0.15, -0.1) is 0 Å². The van der Waals surface area contributed by atoms with Crippen molar-refractivity contribution in [3.63, 3.8) is 0 Å². The molecule has 0 aliphatic carbocycles. The van der Waals surface area contributed by atoms with E-state index in [2.05, 4.69) is 0 Å². The van der Waals surface area contributed by atoms with Crippen molar-refractivity contribution in [3.05, 3.63) is 0 Å². The summed E-state index contributed by atoms with van der Waals surface area (Å²) in [6.07, 6.45) is 1.22. The Morgan fingerprint density at radius 2 is 1.93 bits per heavy atom. The van der Waals surface area contributed by atoms with E-state index >= 15 is 0 Å². The molecule has 1 unspecified atom stereocenters. The quantitative estimate of drug-likeness (QED) is 0.578. The summed E-state index contributed by atoms with van der Waals surface area (Å²) >= 11 is 0. The van der Waals surface area contributed by atoms with Crippen LogP contribution in [-0.2, 0) is 19.1 Å². The van der Waals surface area contributed by atoms with Crippen molar-refractivity contribution >= 4 is 11.8 Å². The highest BCUT2D eigenvalue weighted by Gasteiger charge is 2.14. The predicted octanol–water partition coefficient (Wildman–Crippen LogP) is 1.57. The third-order valence-electron chi connectivity index (χ3n) is 2.01. The molecule has 0 rings (SSSR count). The second kappa shape index (κ2) is 8.41. The van der Waals surface area contributed by atoms with Crippen LogP contribution in [-0.4, -0.2) is 32.1 Å². The Morgan fingerprint density at radius 1 is 1.27 bits per heavy atom. The second-order valence-corrected chi connectivity index (χ2v) is 3.54. The molecule has 0 aliphatic rings. The first kappa shape index (κ1) is 14.1. The summed E-state index contributed by atoms with van der Waals surface area (Å²) in [4.78, 5) is 22.5. The molecule has 15 heavy (non-hydrogen) atoms. The number of rotatable bonds is 8. The molecule has 0 aromatic carbocycles. The van der Waals surface area contributed by atoms with Gasteiger partial charge in [-0.05, 0) is 6.42 Å². The Morgan fingerprint density at radius 3 is 2.47 bits per heavy atom. The molecule has 1 atom stereocenters. The molecule has 0 aliphatic heterocycles. The summed E-state index contributed by atoms with van der Waals surface area (Å²) in [6, 6.07) is 0. The van der Waals surface area contributed by atoms with Gasteiger partial charge in [0.1, 0.15) is 5.78 Å². The van der Waals surface area contributed by atoms with E-state index < -0.39 is 0 Å². The lowest BCUT2D eigenvalue weighted by atomic mass is 10.0. The molecule has 0 N–H and O–H groups in total. The standard InChI is InChI=1S/C11H20O4/c1-4-7-15-11(13)6-5-10(12)9(2)8-14-3/h9H,4-8H2,1-3H3. The van der Waals surface area contributed by atoms with E-state index in [1.165, 1.54) is 0 Å². The smallest absolute Gasteiger partial charge is 0.306 e. The van der Waals surface area contributed by atoms with Crippen LogP contribution >= 0.6 is 0 Å². The number of hydrogen-bond acceptors (Lipinski definition) is 4. The molecule has 0 spiro atoms. The average molecular weight is 216 g/mol. The minimum Gasteiger partial charge on any atom is -0.466 e. The largest absolute Gasteiger partial charge is 0.466 e. The van der Waals surface area contributed by atoms with Crippen LogP contribution in [0.25, 0.3) is 0 Å². The molecular formula is C11H20O4. The molecule has 0 amide bonds. The predicted molar refractivity (Wildman–Crippen MR) is 56.5 cm³/mol. The minimum atomic E-state index is -0.296. The fraction of sp³-hybridized carbons (Fsp3) is 0.818. The molecule has 0 aromatic rings. The summed E-state index contributed by atoms with van der Waals surface area (Å²) in [6.45, 7) is 4.56. The lowest BCUT2D eigenvalue weighted by Gasteiger charge is -2.08. The number of carbonyl (C=O) groups excluding carboxylic acids is 2. The van der Waals surface area contributed by atoms with Crippen LogP contribution in [0.5, 0.6) is 0 Å². The van der Waals surface area contributed by atoms with Crippen molar-refractivity contribution in [1.29, 1.82) is 0 Å². The Bertz CT molecular complexity index is 201. The number of ether oxygens (including phenoxy) is 2. The van der Waals surface area contributed by atoms with Crippen LogP contribution < -0.4 is 0 Å². The third-order valence-corrected chi connectivity index (χ3v) is 2.01. The van der Waals surface area contributed by atoms with Gasteiger partial charge in [-0.2, -0.15) is 0 Å². The number of methoxy groups -OCH3 is 1. The van der Waals surface area contributed by atoms with Gasteiger partial charge in [0.2, 0.25) is 0 Å². The van der Waals surface area contributed by atoms with Crippen molar-refractivity contribution in [2.45, 2.75) is 33.1 Å². The van der Waals surface area contributed by atoms with E-state index in [4.69, 9.17) is 9.47 Å². The summed E-state index contributed by atoms with van der Waals surface area (Å²) in [5.41, 5.74) is 0. The fourth-order valence-corrected chi connectivity index (χ4v) is 1.10. The highest BCUT2D eigenvalue weighted by atomic mass is 16.5. The van der Waals surface area contributed by atoms with Crippen LogP contribution in [0.4, 0.5) is 0 Å². The summed E-state index contributed by atoms with van der Waals surface area (Å²) in [5, 5.41) is 0. The second-order valence-electron chi connectivity index (χ2n) is 3.54. The Hall–Kier alpha value is -0.900. The van der Waals surface area contributed by atoms with Gasteiger partial charge in [0.05, 0.1) is 19.6 Å². The summed E-state index contributed by atoms with van der Waals surface area (Å²) in [5.74, 6) is -0.394. The van der Waals surface area contributed by atoms with Crippen LogP contribution in [0.3, 0.4) is 0 Å². The third kappa shape index (κ3) is 7.08. The maximum absolute atomic E-state index is 11.4. The first-order valence-corrected chi connectivity index (χ1v) is 5.29. The molecule has 0 fully saturated rings. The van der Waals surface area contributed by atoms with E-state index in [1.54, 1.807) is 14.0 Å². The van der Waals surface area contributed by atoms with E-state index in [1.807, 2.05) is 6.92 Å². The summed E-state index contributed by atoms with van der Waals surface area (Å²) < 4.78 is 9.72. The number of carbonyl (C=O) groups is 2. The average Bonchev–Trinajstić information content (AvgIpc) is 2.23. The normalized spacial score (nSPS) is 12.2. The maximum atomic E-state index is 11.4. The van der Waals surface area contributed by atoms with E-state index in [0.717, 1.165) is 6.42 Å². The first-order valence-electron chi connectivity index (χ1n) is 5.29. The van der Waals surface area contributed by atoms with E-state index in [-0.39, 0.29) is 30.5 Å². The first-order chi connectivity index (χ1) is 7.11. The Labute approximate surface area is 90.9 Å². The molecule has 0 saturated heterocycles.